The van der Waals surface area contributed by atoms with E-state index >= 15 is 0 Å². The second kappa shape index (κ2) is 20.0. The molecule has 0 heterocycles. The number of rotatable bonds is 7. The summed E-state index contributed by atoms with van der Waals surface area (Å²) in [4.78, 5) is 10.1. The number of carboxylic acid groups (broad SMARTS) is 1. The van der Waals surface area contributed by atoms with Crippen molar-refractivity contribution < 1.29 is 36.1 Å². The Balaban J connectivity index is 0.000000172. The van der Waals surface area contributed by atoms with Gasteiger partial charge in [-0.05, 0) is 78.4 Å². The molecule has 0 aliphatic heterocycles. The van der Waals surface area contributed by atoms with Crippen LogP contribution in [0.2, 0.25) is 0 Å². The van der Waals surface area contributed by atoms with Crippen molar-refractivity contribution >= 4 is 53.6 Å². The van der Waals surface area contributed by atoms with Gasteiger partial charge in [0, 0.05) is 0 Å². The number of carboxylic acids is 1. The zero-order chi connectivity index (χ0) is 33.4. The average molecular weight is 858 g/mol. The molecule has 49 heavy (non-hydrogen) atoms. The van der Waals surface area contributed by atoms with Crippen molar-refractivity contribution in [2.24, 2.45) is 0 Å². The van der Waals surface area contributed by atoms with E-state index < -0.39 is 27.6 Å². The molecule has 3 nitrogen and oxygen atoms in total. The van der Waals surface area contributed by atoms with Gasteiger partial charge in [0.05, 0.1) is 21.8 Å². The minimum absolute atomic E-state index is 0. The van der Waals surface area contributed by atoms with Gasteiger partial charge in [-0.2, -0.15) is 0 Å². The van der Waals surface area contributed by atoms with E-state index in [-0.39, 0.29) is 26.6 Å². The number of carbonyl (C=O) groups excluding carboxylic acids is 1. The Morgan fingerprint density at radius 3 is 0.735 bits per heavy atom. The molecule has 0 atom stereocenters. The van der Waals surface area contributed by atoms with Crippen LogP contribution in [0.25, 0.3) is 0 Å². The second-order valence-corrected chi connectivity index (χ2v) is 15.7. The maximum Gasteiger partial charge on any atom is 2.00 e. The predicted molar refractivity (Wildman–Crippen MR) is 203 cm³/mol. The van der Waals surface area contributed by atoms with Crippen LogP contribution >= 0.6 is 15.8 Å². The fourth-order valence-corrected chi connectivity index (χ4v) is 10.4. The molecule has 7 rings (SSSR count). The fraction of sp³-hybridized carbons (Fsp3) is 0. The second-order valence-electron chi connectivity index (χ2n) is 10.7. The van der Waals surface area contributed by atoms with E-state index in [1.807, 2.05) is 0 Å². The van der Waals surface area contributed by atoms with Crippen molar-refractivity contribution in [3.05, 3.63) is 212 Å². The molecule has 0 unspecified atom stereocenters. The summed E-state index contributed by atoms with van der Waals surface area (Å²) < 4.78 is 0. The van der Waals surface area contributed by atoms with Crippen molar-refractivity contribution in [3.8, 4) is 5.75 Å². The summed E-state index contributed by atoms with van der Waals surface area (Å²) in [5.74, 6) is -1.94. The maximum atomic E-state index is 10.6. The summed E-state index contributed by atoms with van der Waals surface area (Å²) in [6.07, 6.45) is 0. The smallest absolute Gasteiger partial charge is 0.872 e. The Hall–Kier alpha value is -4.64. The Morgan fingerprint density at radius 2 is 0.551 bits per heavy atom. The van der Waals surface area contributed by atoms with E-state index in [1.54, 1.807) is 0 Å². The molecule has 0 spiro atoms. The third kappa shape index (κ3) is 10.9. The van der Waals surface area contributed by atoms with Gasteiger partial charge < -0.3 is 15.0 Å². The van der Waals surface area contributed by atoms with E-state index in [4.69, 9.17) is 0 Å². The first kappa shape index (κ1) is 37.2. The Morgan fingerprint density at radius 1 is 0.347 bits per heavy atom. The third-order valence-electron chi connectivity index (χ3n) is 7.48. The van der Waals surface area contributed by atoms with Crippen LogP contribution in [0.15, 0.2) is 206 Å². The molecule has 6 heteroatoms. The quantitative estimate of drug-likeness (QED) is 0.200. The first-order valence-corrected chi connectivity index (χ1v) is 18.7. The maximum absolute atomic E-state index is 10.6. The van der Waals surface area contributed by atoms with Crippen LogP contribution in [-0.4, -0.2) is 5.97 Å². The molecular formula is C43H36O3P2Pt+2. The van der Waals surface area contributed by atoms with Gasteiger partial charge in [0.15, 0.2) is 0 Å². The van der Waals surface area contributed by atoms with Crippen molar-refractivity contribution in [3.63, 3.8) is 0 Å². The summed E-state index contributed by atoms with van der Waals surface area (Å²) in [5.41, 5.74) is -0.289. The summed E-state index contributed by atoms with van der Waals surface area (Å²) in [5, 5.41) is 29.4. The Kier molecular flexibility index (Phi) is 15.2. The normalized spacial score (nSPS) is 10.1. The Bertz CT molecular complexity index is 1640. The number of aromatic carboxylic acids is 1. The van der Waals surface area contributed by atoms with Crippen molar-refractivity contribution in [1.82, 2.24) is 0 Å². The van der Waals surface area contributed by atoms with Gasteiger partial charge >= 0.3 is 21.1 Å². The molecule has 7 aromatic carbocycles. The molecule has 7 aromatic rings. The van der Waals surface area contributed by atoms with Crippen molar-refractivity contribution in [2.45, 2.75) is 0 Å². The molecular weight excluding hydrogens is 821 g/mol. The van der Waals surface area contributed by atoms with Gasteiger partial charge in [0.1, 0.15) is 31.8 Å². The fourth-order valence-electron chi connectivity index (χ4n) is 5.26. The molecule has 0 saturated heterocycles. The number of carbonyl (C=O) groups is 1. The molecule has 0 N–H and O–H groups in total. The molecule has 0 aliphatic rings. The van der Waals surface area contributed by atoms with Crippen LogP contribution in [0.3, 0.4) is 0 Å². The molecule has 244 valence electrons. The molecule has 0 radical (unpaired) electrons. The molecule has 0 aromatic heterocycles. The molecule has 0 fully saturated rings. The van der Waals surface area contributed by atoms with Crippen LogP contribution in [0, 0.1) is 0 Å². The first-order chi connectivity index (χ1) is 23.6. The summed E-state index contributed by atoms with van der Waals surface area (Å²) in [6, 6.07) is 70.4. The monoisotopic (exact) mass is 857 g/mol. The number of para-hydroxylation sites is 1. The van der Waals surface area contributed by atoms with Crippen molar-refractivity contribution in [2.75, 3.05) is 0 Å². The van der Waals surface area contributed by atoms with Gasteiger partial charge in [0.25, 0.3) is 0 Å². The van der Waals surface area contributed by atoms with Crippen LogP contribution < -0.4 is 42.0 Å². The van der Waals surface area contributed by atoms with Crippen LogP contribution in [0.4, 0.5) is 0 Å². The molecule has 0 amide bonds. The Labute approximate surface area is 305 Å². The van der Waals surface area contributed by atoms with Gasteiger partial charge in [0.2, 0.25) is 0 Å². The SMILES string of the molecule is O=C([O-])c1ccccc1[O-].[Pt+2].c1ccc([PH+](c2ccccc2)c2ccccc2)cc1.c1ccc([PH+](c2ccccc2)c2ccccc2)cc1. The number of hydrogen-bond acceptors (Lipinski definition) is 3. The topological polar surface area (TPSA) is 63.2 Å². The van der Waals surface area contributed by atoms with Crippen LogP contribution in [0.1, 0.15) is 10.4 Å². The zero-order valence-electron chi connectivity index (χ0n) is 26.7. The summed E-state index contributed by atoms with van der Waals surface area (Å²) in [7, 11) is -1.75. The van der Waals surface area contributed by atoms with Crippen molar-refractivity contribution in [1.29, 1.82) is 0 Å². The van der Waals surface area contributed by atoms with Crippen LogP contribution in [-0.2, 0) is 21.1 Å². The van der Waals surface area contributed by atoms with E-state index in [9.17, 15) is 15.0 Å². The van der Waals surface area contributed by atoms with Gasteiger partial charge in [-0.15, -0.1) is 0 Å². The van der Waals surface area contributed by atoms with Gasteiger partial charge in [-0.3, -0.25) is 0 Å². The minimum atomic E-state index is -1.43. The van der Waals surface area contributed by atoms with E-state index in [2.05, 4.69) is 182 Å². The largest absolute Gasteiger partial charge is 2.00 e. The van der Waals surface area contributed by atoms with Gasteiger partial charge in [-0.1, -0.05) is 139 Å². The van der Waals surface area contributed by atoms with Gasteiger partial charge in [-0.25, -0.2) is 0 Å². The standard InChI is InChI=1S/2C18H15P.C7H6O3.Pt/c2*1-4-10-16(11-5-1)19(17-12-6-2-7-13-17)18-14-8-3-9-15-18;8-6-4-2-1-3-5(6)7(9)10;/h2*1-15H;1-4,8H,(H,9,10);/q;;;+2. The first-order valence-electron chi connectivity index (χ1n) is 15.7. The summed E-state index contributed by atoms with van der Waals surface area (Å²) in [6.45, 7) is 0. The minimum Gasteiger partial charge on any atom is -0.872 e. The molecule has 0 bridgehead atoms. The average Bonchev–Trinajstić information content (AvgIpc) is 3.15. The van der Waals surface area contributed by atoms with E-state index in [1.165, 1.54) is 56.1 Å². The van der Waals surface area contributed by atoms with E-state index in [0.29, 0.717) is 0 Å². The third-order valence-corrected chi connectivity index (χ3v) is 12.9. The molecule has 0 aliphatic carbocycles. The molecule has 0 saturated carbocycles. The predicted octanol–water partition coefficient (Wildman–Crippen LogP) is 5.48. The van der Waals surface area contributed by atoms with Crippen LogP contribution in [0.5, 0.6) is 5.75 Å². The number of benzene rings is 7. The number of hydrogen-bond donors (Lipinski definition) is 0. The zero-order valence-corrected chi connectivity index (χ0v) is 30.9. The van der Waals surface area contributed by atoms with E-state index in [0.717, 1.165) is 0 Å². The summed E-state index contributed by atoms with van der Waals surface area (Å²) >= 11 is 0.